The summed E-state index contributed by atoms with van der Waals surface area (Å²) < 4.78 is 0. The first-order valence-corrected chi connectivity index (χ1v) is 10.6. The summed E-state index contributed by atoms with van der Waals surface area (Å²) in [5, 5.41) is 21.1. The van der Waals surface area contributed by atoms with E-state index in [2.05, 4.69) is 17.0 Å². The molecule has 4 rings (SSSR count). The van der Waals surface area contributed by atoms with Crippen molar-refractivity contribution in [2.24, 2.45) is 11.8 Å². The van der Waals surface area contributed by atoms with Gasteiger partial charge in [0.2, 0.25) is 0 Å². The van der Waals surface area contributed by atoms with Crippen molar-refractivity contribution in [1.82, 2.24) is 4.90 Å². The van der Waals surface area contributed by atoms with Gasteiger partial charge in [0.15, 0.2) is 5.78 Å². The average Bonchev–Trinajstić information content (AvgIpc) is 3.15. The van der Waals surface area contributed by atoms with Gasteiger partial charge in [-0.25, -0.2) is 0 Å². The summed E-state index contributed by atoms with van der Waals surface area (Å²) in [7, 11) is 0. The maximum absolute atomic E-state index is 12.7. The summed E-state index contributed by atoms with van der Waals surface area (Å²) in [6.07, 6.45) is 2.35. The molecule has 4 nitrogen and oxygen atoms in total. The molecule has 2 aromatic carbocycles. The van der Waals surface area contributed by atoms with Crippen LogP contribution >= 0.6 is 0 Å². The normalized spacial score (nSPS) is 27.2. The highest BCUT2D eigenvalue weighted by atomic mass is 16.3. The van der Waals surface area contributed by atoms with Gasteiger partial charge in [-0.15, -0.1) is 0 Å². The first-order chi connectivity index (χ1) is 13.7. The lowest BCUT2D eigenvalue weighted by Crippen LogP contribution is -2.34. The first-order valence-electron chi connectivity index (χ1n) is 10.6. The lowest BCUT2D eigenvalue weighted by Gasteiger charge is -2.26. The molecule has 1 saturated heterocycles. The van der Waals surface area contributed by atoms with Gasteiger partial charge in [0.05, 0.1) is 17.7 Å². The number of aliphatic hydroxyl groups is 2. The molecular formula is C25H31NO3. The SMILES string of the molecule is CC(C)(O)c1ccc(C(=O)CN2C[C@@H]3C[C@@](O)(Cc4ccccc4)C[C@@H]3C2)cc1. The minimum Gasteiger partial charge on any atom is -0.390 e. The van der Waals surface area contributed by atoms with E-state index in [1.165, 1.54) is 5.56 Å². The Labute approximate surface area is 173 Å². The molecule has 0 radical (unpaired) electrons. The fraction of sp³-hybridized carbons (Fsp3) is 0.480. The third-order valence-electron chi connectivity index (χ3n) is 6.59. The van der Waals surface area contributed by atoms with E-state index in [-0.39, 0.29) is 5.78 Å². The Morgan fingerprint density at radius 1 is 1.03 bits per heavy atom. The number of nitrogens with zero attached hydrogens (tertiary/aromatic N) is 1. The van der Waals surface area contributed by atoms with Crippen molar-refractivity contribution in [3.63, 3.8) is 0 Å². The molecule has 1 aliphatic heterocycles. The maximum atomic E-state index is 12.7. The van der Waals surface area contributed by atoms with Crippen molar-refractivity contribution in [3.05, 3.63) is 71.3 Å². The number of carbonyl (C=O) groups is 1. The average molecular weight is 394 g/mol. The molecule has 0 bridgehead atoms. The van der Waals surface area contributed by atoms with Crippen LogP contribution in [-0.2, 0) is 12.0 Å². The predicted molar refractivity (Wildman–Crippen MR) is 114 cm³/mol. The quantitative estimate of drug-likeness (QED) is 0.739. The Hall–Kier alpha value is -2.01. The molecule has 3 atom stereocenters. The van der Waals surface area contributed by atoms with Gasteiger partial charge >= 0.3 is 0 Å². The van der Waals surface area contributed by atoms with Gasteiger partial charge in [0.1, 0.15) is 0 Å². The van der Waals surface area contributed by atoms with E-state index < -0.39 is 11.2 Å². The van der Waals surface area contributed by atoms with Crippen molar-refractivity contribution < 1.29 is 15.0 Å². The highest BCUT2D eigenvalue weighted by molar-refractivity contribution is 5.97. The number of rotatable bonds is 6. The number of hydrogen-bond donors (Lipinski definition) is 2. The van der Waals surface area contributed by atoms with Crippen LogP contribution in [0.4, 0.5) is 0 Å². The van der Waals surface area contributed by atoms with Crippen molar-refractivity contribution >= 4 is 5.78 Å². The fourth-order valence-corrected chi connectivity index (χ4v) is 5.17. The van der Waals surface area contributed by atoms with Gasteiger partial charge in [0.25, 0.3) is 0 Å². The number of hydrogen-bond acceptors (Lipinski definition) is 4. The lowest BCUT2D eigenvalue weighted by molar-refractivity contribution is 0.0355. The topological polar surface area (TPSA) is 60.8 Å². The molecule has 29 heavy (non-hydrogen) atoms. The van der Waals surface area contributed by atoms with E-state index in [1.807, 2.05) is 42.5 Å². The van der Waals surface area contributed by atoms with Crippen LogP contribution in [0.25, 0.3) is 0 Å². The largest absolute Gasteiger partial charge is 0.390 e. The first kappa shape index (κ1) is 20.3. The number of carbonyl (C=O) groups excluding carboxylic acids is 1. The van der Waals surface area contributed by atoms with Crippen LogP contribution in [0, 0.1) is 11.8 Å². The summed E-state index contributed by atoms with van der Waals surface area (Å²) >= 11 is 0. The zero-order chi connectivity index (χ0) is 20.6. The minimum absolute atomic E-state index is 0.117. The third kappa shape index (κ3) is 4.61. The third-order valence-corrected chi connectivity index (χ3v) is 6.59. The van der Waals surface area contributed by atoms with Crippen LogP contribution in [0.5, 0.6) is 0 Å². The predicted octanol–water partition coefficient (Wildman–Crippen LogP) is 3.41. The van der Waals surface area contributed by atoms with Gasteiger partial charge in [-0.05, 0) is 49.7 Å². The second kappa shape index (κ2) is 7.67. The van der Waals surface area contributed by atoms with Gasteiger partial charge in [-0.3, -0.25) is 9.69 Å². The van der Waals surface area contributed by atoms with Crippen LogP contribution in [0.3, 0.4) is 0 Å². The molecule has 0 aromatic heterocycles. The van der Waals surface area contributed by atoms with Gasteiger partial charge in [0, 0.05) is 25.1 Å². The number of ketones is 1. The minimum atomic E-state index is -0.898. The molecule has 2 aliphatic rings. The second-order valence-electron chi connectivity index (χ2n) is 9.57. The molecule has 1 saturated carbocycles. The van der Waals surface area contributed by atoms with Crippen LogP contribution in [0.1, 0.15) is 48.2 Å². The van der Waals surface area contributed by atoms with Crippen molar-refractivity contribution in [2.45, 2.75) is 44.3 Å². The summed E-state index contributed by atoms with van der Waals surface area (Å²) in [4.78, 5) is 14.9. The Bertz CT molecular complexity index is 840. The van der Waals surface area contributed by atoms with Gasteiger partial charge in [-0.2, -0.15) is 0 Å². The van der Waals surface area contributed by atoms with E-state index in [0.29, 0.717) is 30.4 Å². The smallest absolute Gasteiger partial charge is 0.176 e. The summed E-state index contributed by atoms with van der Waals surface area (Å²) in [6, 6.07) is 17.5. The van der Waals surface area contributed by atoms with Gasteiger partial charge < -0.3 is 10.2 Å². The molecule has 1 aliphatic carbocycles. The zero-order valence-corrected chi connectivity index (χ0v) is 17.3. The van der Waals surface area contributed by atoms with Crippen LogP contribution < -0.4 is 0 Å². The summed E-state index contributed by atoms with van der Waals surface area (Å²) in [5.74, 6) is 1.05. The van der Waals surface area contributed by atoms with E-state index in [4.69, 9.17) is 0 Å². The molecule has 2 fully saturated rings. The van der Waals surface area contributed by atoms with Crippen LogP contribution in [-0.4, -0.2) is 46.1 Å². The second-order valence-corrected chi connectivity index (χ2v) is 9.57. The maximum Gasteiger partial charge on any atom is 0.176 e. The number of likely N-dealkylation sites (tertiary alicyclic amines) is 1. The lowest BCUT2D eigenvalue weighted by atomic mass is 9.91. The molecule has 154 valence electrons. The number of benzene rings is 2. The van der Waals surface area contributed by atoms with Crippen molar-refractivity contribution in [3.8, 4) is 0 Å². The summed E-state index contributed by atoms with van der Waals surface area (Å²) in [6.45, 7) is 5.67. The van der Waals surface area contributed by atoms with Crippen molar-refractivity contribution in [1.29, 1.82) is 0 Å². The van der Waals surface area contributed by atoms with Crippen molar-refractivity contribution in [2.75, 3.05) is 19.6 Å². The Morgan fingerprint density at radius 3 is 2.17 bits per heavy atom. The molecular weight excluding hydrogens is 362 g/mol. The van der Waals surface area contributed by atoms with E-state index >= 15 is 0 Å². The molecule has 0 amide bonds. The van der Waals surface area contributed by atoms with Crippen LogP contribution in [0.2, 0.25) is 0 Å². The molecule has 4 heteroatoms. The Morgan fingerprint density at radius 2 is 1.62 bits per heavy atom. The molecule has 1 heterocycles. The van der Waals surface area contributed by atoms with Crippen LogP contribution in [0.15, 0.2) is 54.6 Å². The highest BCUT2D eigenvalue weighted by Gasteiger charge is 2.48. The number of fused-ring (bicyclic) bond motifs is 1. The zero-order valence-electron chi connectivity index (χ0n) is 17.3. The van der Waals surface area contributed by atoms with E-state index in [0.717, 1.165) is 31.5 Å². The van der Waals surface area contributed by atoms with E-state index in [1.54, 1.807) is 13.8 Å². The molecule has 2 N–H and O–H groups in total. The fourth-order valence-electron chi connectivity index (χ4n) is 5.17. The Balaban J connectivity index is 1.32. The number of Topliss-reactive ketones (excluding diaryl/α,β-unsaturated/α-hetero) is 1. The Kier molecular flexibility index (Phi) is 5.36. The molecule has 0 unspecified atom stereocenters. The highest BCUT2D eigenvalue weighted by Crippen LogP contribution is 2.45. The monoisotopic (exact) mass is 393 g/mol. The molecule has 0 spiro atoms. The summed E-state index contributed by atoms with van der Waals surface area (Å²) in [5.41, 5.74) is 1.18. The molecule has 2 aromatic rings. The van der Waals surface area contributed by atoms with E-state index in [9.17, 15) is 15.0 Å². The van der Waals surface area contributed by atoms with Gasteiger partial charge in [-0.1, -0.05) is 54.6 Å². The standard InChI is InChI=1S/C25H31NO3/c1-24(2,28)22-10-8-19(9-11-22)23(27)17-26-15-20-13-25(29,14-21(20)16-26)12-18-6-4-3-5-7-18/h3-11,20-21,28-29H,12-17H2,1-2H3/t20-,21+,25-.